The van der Waals surface area contributed by atoms with Crippen LogP contribution in [0, 0.1) is 12.3 Å². The van der Waals surface area contributed by atoms with Gasteiger partial charge in [0, 0.05) is 11.5 Å². The third-order valence-electron chi connectivity index (χ3n) is 2.36. The maximum Gasteiger partial charge on any atom is 0.255 e. The Morgan fingerprint density at radius 3 is 2.50 bits per heavy atom. The normalized spacial score (nSPS) is 11.5. The van der Waals surface area contributed by atoms with Gasteiger partial charge in [-0.3, -0.25) is 14.2 Å². The minimum absolute atomic E-state index is 0.00993. The number of carbonyl (C=O) groups is 1. The lowest BCUT2D eigenvalue weighted by Crippen LogP contribution is -2.32. The van der Waals surface area contributed by atoms with Crippen LogP contribution >= 0.6 is 0 Å². The van der Waals surface area contributed by atoms with Crippen molar-refractivity contribution < 1.29 is 4.79 Å². The van der Waals surface area contributed by atoms with E-state index >= 15 is 0 Å². The first-order valence-electron chi connectivity index (χ1n) is 5.09. The van der Waals surface area contributed by atoms with Crippen LogP contribution in [-0.4, -0.2) is 15.3 Å². The SMILES string of the molecule is Cc1nc(N)cc(=O)n1CC(=O)C(C)(C)C. The molecular formula is C11H17N3O2. The number of hydrogen-bond acceptors (Lipinski definition) is 4. The van der Waals surface area contributed by atoms with Crippen LogP contribution in [0.1, 0.15) is 26.6 Å². The zero-order chi connectivity index (χ0) is 12.5. The van der Waals surface area contributed by atoms with E-state index in [-0.39, 0.29) is 23.7 Å². The van der Waals surface area contributed by atoms with Gasteiger partial charge in [0.15, 0.2) is 5.78 Å². The average Bonchev–Trinajstić information content (AvgIpc) is 2.08. The molecule has 0 saturated carbocycles. The van der Waals surface area contributed by atoms with Gasteiger partial charge in [0.25, 0.3) is 5.56 Å². The average molecular weight is 223 g/mol. The van der Waals surface area contributed by atoms with Gasteiger partial charge >= 0.3 is 0 Å². The fourth-order valence-electron chi connectivity index (χ4n) is 1.22. The third kappa shape index (κ3) is 2.68. The van der Waals surface area contributed by atoms with E-state index in [4.69, 9.17) is 5.73 Å². The van der Waals surface area contributed by atoms with Gasteiger partial charge in [-0.1, -0.05) is 20.8 Å². The van der Waals surface area contributed by atoms with Gasteiger partial charge in [-0.25, -0.2) is 4.98 Å². The molecule has 88 valence electrons. The Balaban J connectivity index is 3.08. The smallest absolute Gasteiger partial charge is 0.255 e. The van der Waals surface area contributed by atoms with Crippen LogP contribution < -0.4 is 11.3 Å². The molecule has 5 heteroatoms. The van der Waals surface area contributed by atoms with Crippen molar-refractivity contribution in [1.82, 2.24) is 9.55 Å². The molecule has 0 fully saturated rings. The van der Waals surface area contributed by atoms with Crippen molar-refractivity contribution in [2.45, 2.75) is 34.2 Å². The molecule has 1 aromatic heterocycles. The molecular weight excluding hydrogens is 206 g/mol. The van der Waals surface area contributed by atoms with Gasteiger partial charge in [0.2, 0.25) is 0 Å². The number of anilines is 1. The number of nitrogens with two attached hydrogens (primary N) is 1. The number of aromatic nitrogens is 2. The Kier molecular flexibility index (Phi) is 3.16. The van der Waals surface area contributed by atoms with Gasteiger partial charge in [0.1, 0.15) is 11.6 Å². The highest BCUT2D eigenvalue weighted by Crippen LogP contribution is 2.15. The summed E-state index contributed by atoms with van der Waals surface area (Å²) in [5, 5.41) is 0. The van der Waals surface area contributed by atoms with Gasteiger partial charge in [-0.2, -0.15) is 0 Å². The van der Waals surface area contributed by atoms with Gasteiger partial charge in [0.05, 0.1) is 6.54 Å². The summed E-state index contributed by atoms with van der Waals surface area (Å²) in [7, 11) is 0. The lowest BCUT2D eigenvalue weighted by molar-refractivity contribution is -0.127. The van der Waals surface area contributed by atoms with E-state index in [1.807, 2.05) is 20.8 Å². The van der Waals surface area contributed by atoms with Crippen molar-refractivity contribution in [3.63, 3.8) is 0 Å². The number of rotatable bonds is 2. The molecule has 0 amide bonds. The first-order chi connectivity index (χ1) is 7.21. The second-order valence-corrected chi connectivity index (χ2v) is 4.83. The third-order valence-corrected chi connectivity index (χ3v) is 2.36. The number of carbonyl (C=O) groups excluding carboxylic acids is 1. The van der Waals surface area contributed by atoms with E-state index in [2.05, 4.69) is 4.98 Å². The molecule has 2 N–H and O–H groups in total. The van der Waals surface area contributed by atoms with E-state index in [1.165, 1.54) is 10.6 Å². The molecule has 1 aromatic rings. The first-order valence-corrected chi connectivity index (χ1v) is 5.09. The number of nitrogen functional groups attached to an aromatic ring is 1. The zero-order valence-electron chi connectivity index (χ0n) is 10.1. The summed E-state index contributed by atoms with van der Waals surface area (Å²) in [6.45, 7) is 7.16. The quantitative estimate of drug-likeness (QED) is 0.802. The maximum atomic E-state index is 11.8. The molecule has 0 aliphatic heterocycles. The number of hydrogen-bond donors (Lipinski definition) is 1. The lowest BCUT2D eigenvalue weighted by Gasteiger charge is -2.18. The summed E-state index contributed by atoms with van der Waals surface area (Å²) >= 11 is 0. The van der Waals surface area contributed by atoms with Crippen molar-refractivity contribution >= 4 is 11.6 Å². The molecule has 1 rings (SSSR count). The molecule has 0 saturated heterocycles. The Hall–Kier alpha value is -1.65. The van der Waals surface area contributed by atoms with Crippen LogP contribution in [0.4, 0.5) is 5.82 Å². The molecule has 5 nitrogen and oxygen atoms in total. The Labute approximate surface area is 94.3 Å². The monoisotopic (exact) mass is 223 g/mol. The zero-order valence-corrected chi connectivity index (χ0v) is 10.1. The van der Waals surface area contributed by atoms with E-state index in [1.54, 1.807) is 6.92 Å². The molecule has 0 atom stereocenters. The van der Waals surface area contributed by atoms with E-state index in [9.17, 15) is 9.59 Å². The predicted octanol–water partition coefficient (Wildman–Crippen LogP) is 0.749. The maximum absolute atomic E-state index is 11.8. The van der Waals surface area contributed by atoms with Crippen molar-refractivity contribution in [3.8, 4) is 0 Å². The topological polar surface area (TPSA) is 78.0 Å². The van der Waals surface area contributed by atoms with Gasteiger partial charge in [-0.15, -0.1) is 0 Å². The molecule has 0 aromatic carbocycles. The molecule has 1 heterocycles. The molecule has 0 aliphatic carbocycles. The molecule has 0 bridgehead atoms. The second-order valence-electron chi connectivity index (χ2n) is 4.83. The minimum atomic E-state index is -0.465. The van der Waals surface area contributed by atoms with E-state index in [0.29, 0.717) is 5.82 Å². The standard InChI is InChI=1S/C11H17N3O2/c1-7-13-9(12)5-10(16)14(7)6-8(15)11(2,3)4/h5H,6,12H2,1-4H3. The Morgan fingerprint density at radius 1 is 1.50 bits per heavy atom. The first kappa shape index (κ1) is 12.4. The molecule has 0 aliphatic rings. The second kappa shape index (κ2) is 4.08. The minimum Gasteiger partial charge on any atom is -0.383 e. The molecule has 0 unspecified atom stereocenters. The van der Waals surface area contributed by atoms with Crippen LogP contribution in [0.2, 0.25) is 0 Å². The van der Waals surface area contributed by atoms with Crippen LogP contribution in [0.5, 0.6) is 0 Å². The van der Waals surface area contributed by atoms with Crippen LogP contribution in [0.15, 0.2) is 10.9 Å². The highest BCUT2D eigenvalue weighted by atomic mass is 16.1. The number of nitrogens with zero attached hydrogens (tertiary/aromatic N) is 2. The number of Topliss-reactive ketones (excluding diaryl/α,β-unsaturated/α-hetero) is 1. The van der Waals surface area contributed by atoms with Crippen molar-refractivity contribution in [2.24, 2.45) is 5.41 Å². The number of ketones is 1. The highest BCUT2D eigenvalue weighted by molar-refractivity contribution is 5.83. The summed E-state index contributed by atoms with van der Waals surface area (Å²) < 4.78 is 1.34. The van der Waals surface area contributed by atoms with Crippen molar-refractivity contribution in [3.05, 3.63) is 22.2 Å². The largest absolute Gasteiger partial charge is 0.383 e. The van der Waals surface area contributed by atoms with Gasteiger partial charge in [-0.05, 0) is 6.92 Å². The van der Waals surface area contributed by atoms with Crippen molar-refractivity contribution in [1.29, 1.82) is 0 Å². The predicted molar refractivity (Wildman–Crippen MR) is 62.1 cm³/mol. The van der Waals surface area contributed by atoms with Crippen molar-refractivity contribution in [2.75, 3.05) is 5.73 Å². The van der Waals surface area contributed by atoms with Crippen LogP contribution in [0.3, 0.4) is 0 Å². The summed E-state index contributed by atoms with van der Waals surface area (Å²) in [5.74, 6) is 0.633. The van der Waals surface area contributed by atoms with E-state index < -0.39 is 5.41 Å². The summed E-state index contributed by atoms with van der Waals surface area (Å²) in [6.07, 6.45) is 0. The highest BCUT2D eigenvalue weighted by Gasteiger charge is 2.22. The van der Waals surface area contributed by atoms with Crippen LogP contribution in [-0.2, 0) is 11.3 Å². The van der Waals surface area contributed by atoms with Crippen LogP contribution in [0.25, 0.3) is 0 Å². The van der Waals surface area contributed by atoms with E-state index in [0.717, 1.165) is 0 Å². The lowest BCUT2D eigenvalue weighted by atomic mass is 9.91. The number of aryl methyl sites for hydroxylation is 1. The fourth-order valence-corrected chi connectivity index (χ4v) is 1.22. The summed E-state index contributed by atoms with van der Waals surface area (Å²) in [5.41, 5.74) is 4.68. The summed E-state index contributed by atoms with van der Waals surface area (Å²) in [4.78, 5) is 27.4. The fraction of sp³-hybridized carbons (Fsp3) is 0.545. The van der Waals surface area contributed by atoms with Gasteiger partial charge < -0.3 is 5.73 Å². The Morgan fingerprint density at radius 2 is 2.06 bits per heavy atom. The molecule has 0 spiro atoms. The summed E-state index contributed by atoms with van der Waals surface area (Å²) in [6, 6.07) is 1.23. The molecule has 16 heavy (non-hydrogen) atoms. The molecule has 0 radical (unpaired) electrons. The Bertz CT molecular complexity index is 469.